The molecule has 0 spiro atoms. The molecule has 0 heterocycles. The van der Waals surface area contributed by atoms with Gasteiger partial charge >= 0.3 is 6.18 Å². The normalized spacial score (nSPS) is 11.7. The van der Waals surface area contributed by atoms with Crippen molar-refractivity contribution in [2.24, 2.45) is 0 Å². The summed E-state index contributed by atoms with van der Waals surface area (Å²) in [6.07, 6.45) is -5.35. The van der Waals surface area contributed by atoms with Gasteiger partial charge in [-0.1, -0.05) is 6.07 Å². The van der Waals surface area contributed by atoms with Crippen LogP contribution in [-0.2, 0) is 6.18 Å². The van der Waals surface area contributed by atoms with Crippen molar-refractivity contribution < 1.29 is 40.0 Å². The van der Waals surface area contributed by atoms with Gasteiger partial charge in [0.25, 0.3) is 5.69 Å². The molecule has 0 unspecified atom stereocenters. The zero-order valence-corrected chi connectivity index (χ0v) is 11.0. The van der Waals surface area contributed by atoms with Gasteiger partial charge in [0.15, 0.2) is 23.3 Å². The van der Waals surface area contributed by atoms with Crippen molar-refractivity contribution in [3.8, 4) is 11.1 Å². The first-order chi connectivity index (χ1) is 11.0. The maximum absolute atomic E-state index is 13.8. The molecule has 2 rings (SSSR count). The summed E-state index contributed by atoms with van der Waals surface area (Å²) in [5.74, 6) is -12.8. The number of nitro benzene ring substituents is 1. The first-order valence-corrected chi connectivity index (χ1v) is 5.84. The van der Waals surface area contributed by atoms with Crippen LogP contribution in [-0.4, -0.2) is 4.92 Å². The van der Waals surface area contributed by atoms with Gasteiger partial charge in [0, 0.05) is 6.07 Å². The number of nitrogens with zero attached hydrogens (tertiary/aromatic N) is 1. The van der Waals surface area contributed by atoms with E-state index < -0.39 is 62.6 Å². The van der Waals surface area contributed by atoms with Crippen molar-refractivity contribution in [3.05, 3.63) is 63.0 Å². The van der Waals surface area contributed by atoms with Crippen LogP contribution in [0, 0.1) is 39.2 Å². The summed E-state index contributed by atoms with van der Waals surface area (Å²) < 4.78 is 106. The number of alkyl halides is 3. The first-order valence-electron chi connectivity index (χ1n) is 5.84. The van der Waals surface area contributed by atoms with E-state index in [0.717, 1.165) is 0 Å². The van der Waals surface area contributed by atoms with Crippen LogP contribution in [0.2, 0.25) is 0 Å². The molecule has 3 nitrogen and oxygen atoms in total. The van der Waals surface area contributed by atoms with E-state index in [1.165, 1.54) is 0 Å². The summed E-state index contributed by atoms with van der Waals surface area (Å²) >= 11 is 0. The highest BCUT2D eigenvalue weighted by Gasteiger charge is 2.40. The molecule has 0 aliphatic heterocycles. The number of benzene rings is 2. The Morgan fingerprint density at radius 2 is 1.25 bits per heavy atom. The smallest absolute Gasteiger partial charge is 0.258 e. The summed E-state index contributed by atoms with van der Waals surface area (Å²) in [5.41, 5.74) is -7.15. The fourth-order valence-electron chi connectivity index (χ4n) is 2.02. The fraction of sp³-hybridized carbons (Fsp3) is 0.0769. The minimum Gasteiger partial charge on any atom is -0.258 e. The van der Waals surface area contributed by atoms with Crippen LogP contribution < -0.4 is 0 Å². The van der Waals surface area contributed by atoms with Gasteiger partial charge in [-0.3, -0.25) is 10.1 Å². The second kappa shape index (κ2) is 5.73. The molecule has 0 atom stereocenters. The Hall–Kier alpha value is -2.72. The molecule has 0 N–H and O–H groups in total. The second-order valence-electron chi connectivity index (χ2n) is 4.40. The van der Waals surface area contributed by atoms with Crippen LogP contribution in [0.3, 0.4) is 0 Å². The Morgan fingerprint density at radius 3 is 1.67 bits per heavy atom. The van der Waals surface area contributed by atoms with Gasteiger partial charge in [-0.2, -0.15) is 13.2 Å². The summed E-state index contributed by atoms with van der Waals surface area (Å²) in [4.78, 5) is 9.44. The predicted molar refractivity (Wildman–Crippen MR) is 63.3 cm³/mol. The van der Waals surface area contributed by atoms with Crippen molar-refractivity contribution in [2.75, 3.05) is 0 Å². The molecule has 0 saturated heterocycles. The van der Waals surface area contributed by atoms with Crippen LogP contribution in [0.25, 0.3) is 11.1 Å². The monoisotopic (exact) mass is 357 g/mol. The Kier molecular flexibility index (Phi) is 4.21. The summed E-state index contributed by atoms with van der Waals surface area (Å²) in [7, 11) is 0. The Labute approximate surface area is 127 Å². The topological polar surface area (TPSA) is 43.1 Å². The molecular weight excluding hydrogens is 354 g/mol. The molecule has 0 amide bonds. The van der Waals surface area contributed by atoms with Crippen molar-refractivity contribution in [1.29, 1.82) is 0 Å². The minimum atomic E-state index is -5.35. The van der Waals surface area contributed by atoms with E-state index in [1.54, 1.807) is 0 Å². The Morgan fingerprint density at radius 1 is 0.792 bits per heavy atom. The fourth-order valence-corrected chi connectivity index (χ4v) is 2.02. The van der Waals surface area contributed by atoms with E-state index in [2.05, 4.69) is 0 Å². The van der Waals surface area contributed by atoms with Gasteiger partial charge in [-0.05, 0) is 6.07 Å². The summed E-state index contributed by atoms with van der Waals surface area (Å²) in [6.45, 7) is 0. The van der Waals surface area contributed by atoms with Crippen LogP contribution in [0.4, 0.5) is 40.8 Å². The molecule has 0 aromatic heterocycles. The van der Waals surface area contributed by atoms with Crippen LogP contribution >= 0.6 is 0 Å². The van der Waals surface area contributed by atoms with Gasteiger partial charge in [0.1, 0.15) is 0 Å². The lowest BCUT2D eigenvalue weighted by Gasteiger charge is -2.15. The highest BCUT2D eigenvalue weighted by molar-refractivity contribution is 5.78. The van der Waals surface area contributed by atoms with Gasteiger partial charge in [-0.15, -0.1) is 0 Å². The number of halogens is 8. The van der Waals surface area contributed by atoms with Crippen LogP contribution in [0.5, 0.6) is 0 Å². The third kappa shape index (κ3) is 2.65. The molecule has 0 fully saturated rings. The standard InChI is InChI=1S/C13H3F8NO2/c14-8-7(9(15)11(17)12(18)10(8)16)6-4(13(19,20)21)2-1-3-5(6)22(23)24/h1-3H. The zero-order valence-electron chi connectivity index (χ0n) is 11.0. The molecular formula is C13H3F8NO2. The molecule has 0 aliphatic rings. The van der Waals surface area contributed by atoms with E-state index in [0.29, 0.717) is 12.1 Å². The SMILES string of the molecule is O=[N+]([O-])c1cccc(C(F)(F)F)c1-c1c(F)c(F)c(F)c(F)c1F. The second-order valence-corrected chi connectivity index (χ2v) is 4.40. The molecule has 0 aliphatic carbocycles. The molecule has 0 saturated carbocycles. The summed E-state index contributed by atoms with van der Waals surface area (Å²) in [5, 5.41) is 10.9. The van der Waals surface area contributed by atoms with Gasteiger partial charge in [-0.25, -0.2) is 22.0 Å². The molecule has 24 heavy (non-hydrogen) atoms. The summed E-state index contributed by atoms with van der Waals surface area (Å²) in [6, 6.07) is 1.24. The average molecular weight is 357 g/mol. The third-order valence-corrected chi connectivity index (χ3v) is 3.00. The number of nitro groups is 1. The van der Waals surface area contributed by atoms with E-state index in [-0.39, 0.29) is 6.07 Å². The third-order valence-electron chi connectivity index (χ3n) is 3.00. The lowest BCUT2D eigenvalue weighted by molar-refractivity contribution is -0.384. The number of hydrogen-bond donors (Lipinski definition) is 0. The number of hydrogen-bond acceptors (Lipinski definition) is 2. The van der Waals surface area contributed by atoms with E-state index in [4.69, 9.17) is 0 Å². The quantitative estimate of drug-likeness (QED) is 0.250. The highest BCUT2D eigenvalue weighted by Crippen LogP contribution is 2.44. The van der Waals surface area contributed by atoms with Crippen molar-refractivity contribution in [2.45, 2.75) is 6.18 Å². The van der Waals surface area contributed by atoms with Crippen LogP contribution in [0.15, 0.2) is 18.2 Å². The van der Waals surface area contributed by atoms with Crippen molar-refractivity contribution in [1.82, 2.24) is 0 Å². The van der Waals surface area contributed by atoms with E-state index >= 15 is 0 Å². The lowest BCUT2D eigenvalue weighted by atomic mass is 9.95. The molecule has 11 heteroatoms. The maximum Gasteiger partial charge on any atom is 0.417 e. The van der Waals surface area contributed by atoms with Crippen LogP contribution in [0.1, 0.15) is 5.56 Å². The van der Waals surface area contributed by atoms with Gasteiger partial charge in [0.05, 0.1) is 21.6 Å². The molecule has 2 aromatic carbocycles. The van der Waals surface area contributed by atoms with Gasteiger partial charge in [0.2, 0.25) is 5.82 Å². The largest absolute Gasteiger partial charge is 0.417 e. The average Bonchev–Trinajstić information content (AvgIpc) is 2.50. The lowest BCUT2D eigenvalue weighted by Crippen LogP contribution is -2.12. The van der Waals surface area contributed by atoms with E-state index in [1.807, 2.05) is 0 Å². The van der Waals surface area contributed by atoms with E-state index in [9.17, 15) is 45.2 Å². The Balaban J connectivity index is 3.05. The van der Waals surface area contributed by atoms with Crippen molar-refractivity contribution in [3.63, 3.8) is 0 Å². The highest BCUT2D eigenvalue weighted by atomic mass is 19.4. The zero-order chi connectivity index (χ0) is 18.4. The van der Waals surface area contributed by atoms with Crippen molar-refractivity contribution >= 4 is 5.69 Å². The maximum atomic E-state index is 13.8. The number of rotatable bonds is 2. The molecule has 128 valence electrons. The van der Waals surface area contributed by atoms with Gasteiger partial charge < -0.3 is 0 Å². The molecule has 0 radical (unpaired) electrons. The molecule has 2 aromatic rings. The predicted octanol–water partition coefficient (Wildman–Crippen LogP) is 4.98. The Bertz CT molecular complexity index is 818. The minimum absolute atomic E-state index is 0.223. The first kappa shape index (κ1) is 17.6. The molecule has 0 bridgehead atoms.